The van der Waals surface area contributed by atoms with E-state index < -0.39 is 11.7 Å². The maximum Gasteiger partial charge on any atom is 0.416 e. The van der Waals surface area contributed by atoms with Crippen LogP contribution in [0.4, 0.5) is 13.2 Å². The van der Waals surface area contributed by atoms with Crippen molar-refractivity contribution in [2.24, 2.45) is 0 Å². The van der Waals surface area contributed by atoms with Crippen LogP contribution < -0.4 is 10.1 Å². The summed E-state index contributed by atoms with van der Waals surface area (Å²) in [5, 5.41) is 3.57. The lowest BCUT2D eigenvalue weighted by molar-refractivity contribution is -0.137. The van der Waals surface area contributed by atoms with E-state index in [-0.39, 0.29) is 24.5 Å². The first kappa shape index (κ1) is 19.2. The van der Waals surface area contributed by atoms with E-state index in [9.17, 15) is 18.0 Å². The molecule has 1 amide bonds. The van der Waals surface area contributed by atoms with Gasteiger partial charge in [-0.05, 0) is 24.3 Å². The maximum atomic E-state index is 12.5. The highest BCUT2D eigenvalue weighted by Gasteiger charge is 2.30. The third-order valence-corrected chi connectivity index (χ3v) is 4.63. The number of carbonyl (C=O) groups excluding carboxylic acids is 1. The second-order valence-electron chi connectivity index (χ2n) is 6.41. The van der Waals surface area contributed by atoms with Gasteiger partial charge in [-0.2, -0.15) is 13.2 Å². The first-order valence-electron chi connectivity index (χ1n) is 7.62. The molecule has 0 spiro atoms. The second-order valence-corrected chi connectivity index (χ2v) is 7.44. The van der Waals surface area contributed by atoms with Crippen molar-refractivity contribution in [1.82, 2.24) is 10.3 Å². The largest absolute Gasteiger partial charge is 0.492 e. The van der Waals surface area contributed by atoms with Crippen molar-refractivity contribution in [2.45, 2.75) is 32.4 Å². The Morgan fingerprint density at radius 1 is 1.20 bits per heavy atom. The summed E-state index contributed by atoms with van der Waals surface area (Å²) in [6, 6.07) is 4.42. The van der Waals surface area contributed by atoms with Crippen molar-refractivity contribution in [3.63, 3.8) is 0 Å². The fourth-order valence-corrected chi connectivity index (χ4v) is 2.78. The Morgan fingerprint density at radius 2 is 1.84 bits per heavy atom. The summed E-state index contributed by atoms with van der Waals surface area (Å²) in [5.41, 5.74) is -0.845. The van der Waals surface area contributed by atoms with Crippen molar-refractivity contribution in [3.8, 4) is 5.75 Å². The molecule has 0 bridgehead atoms. The van der Waals surface area contributed by atoms with Crippen LogP contribution >= 0.6 is 11.3 Å². The zero-order chi connectivity index (χ0) is 18.7. The first-order valence-corrected chi connectivity index (χ1v) is 8.43. The van der Waals surface area contributed by atoms with E-state index >= 15 is 0 Å². The Morgan fingerprint density at radius 3 is 2.36 bits per heavy atom. The van der Waals surface area contributed by atoms with Gasteiger partial charge in [0.05, 0.1) is 23.3 Å². The fourth-order valence-electron chi connectivity index (χ4n) is 1.89. The molecule has 1 aromatic carbocycles. The van der Waals surface area contributed by atoms with Crippen LogP contribution in [0.2, 0.25) is 0 Å². The number of carbonyl (C=O) groups is 1. The lowest BCUT2D eigenvalue weighted by Crippen LogP contribution is -2.27. The molecule has 4 nitrogen and oxygen atoms in total. The number of hydrogen-bond donors (Lipinski definition) is 1. The lowest BCUT2D eigenvalue weighted by atomic mass is 9.98. The number of alkyl halides is 3. The zero-order valence-corrected chi connectivity index (χ0v) is 14.9. The molecule has 0 radical (unpaired) electrons. The summed E-state index contributed by atoms with van der Waals surface area (Å²) < 4.78 is 42.7. The number of rotatable bonds is 5. The topological polar surface area (TPSA) is 51.2 Å². The van der Waals surface area contributed by atoms with Crippen molar-refractivity contribution in [2.75, 3.05) is 13.2 Å². The van der Waals surface area contributed by atoms with Crippen LogP contribution in [0.3, 0.4) is 0 Å². The molecule has 1 heterocycles. The van der Waals surface area contributed by atoms with Crippen LogP contribution in [0.5, 0.6) is 5.75 Å². The van der Waals surface area contributed by atoms with Gasteiger partial charge in [-0.15, -0.1) is 11.3 Å². The monoisotopic (exact) mass is 372 g/mol. The maximum absolute atomic E-state index is 12.5. The highest BCUT2D eigenvalue weighted by Crippen LogP contribution is 2.30. The van der Waals surface area contributed by atoms with Gasteiger partial charge in [0.15, 0.2) is 0 Å². The molecule has 0 unspecified atom stereocenters. The normalized spacial score (nSPS) is 12.1. The van der Waals surface area contributed by atoms with Gasteiger partial charge in [-0.25, -0.2) is 4.98 Å². The SMILES string of the molecule is CC(C)(C)c1ncc(C(=O)NCCOc2ccc(C(F)(F)F)cc2)s1. The average Bonchev–Trinajstić information content (AvgIpc) is 3.01. The van der Waals surface area contributed by atoms with Crippen LogP contribution in [0, 0.1) is 0 Å². The van der Waals surface area contributed by atoms with E-state index in [1.165, 1.54) is 29.7 Å². The third-order valence-electron chi connectivity index (χ3n) is 3.21. The molecule has 1 N–H and O–H groups in total. The quantitative estimate of drug-likeness (QED) is 0.798. The lowest BCUT2D eigenvalue weighted by Gasteiger charge is -2.13. The van der Waals surface area contributed by atoms with Gasteiger partial charge in [0, 0.05) is 5.41 Å². The van der Waals surface area contributed by atoms with Crippen LogP contribution in [0.1, 0.15) is 41.0 Å². The summed E-state index contributed by atoms with van der Waals surface area (Å²) >= 11 is 1.34. The molecule has 136 valence electrons. The highest BCUT2D eigenvalue weighted by atomic mass is 32.1. The van der Waals surface area contributed by atoms with Crippen LogP contribution in [-0.4, -0.2) is 24.0 Å². The Hall–Kier alpha value is -2.09. The van der Waals surface area contributed by atoms with Crippen molar-refractivity contribution in [1.29, 1.82) is 0 Å². The summed E-state index contributed by atoms with van der Waals surface area (Å²) in [4.78, 5) is 16.8. The average molecular weight is 372 g/mol. The molecule has 0 fully saturated rings. The van der Waals surface area contributed by atoms with Gasteiger partial charge in [-0.1, -0.05) is 20.8 Å². The minimum absolute atomic E-state index is 0.116. The predicted molar refractivity (Wildman–Crippen MR) is 90.1 cm³/mol. The molecule has 0 aliphatic rings. The van der Waals surface area contributed by atoms with E-state index in [1.54, 1.807) is 0 Å². The molecule has 0 aliphatic carbocycles. The number of ether oxygens (including phenoxy) is 1. The molecule has 2 aromatic rings. The molecule has 2 rings (SSSR count). The number of nitrogens with zero attached hydrogens (tertiary/aromatic N) is 1. The third kappa shape index (κ3) is 5.45. The molecule has 0 atom stereocenters. The minimum Gasteiger partial charge on any atom is -0.492 e. The van der Waals surface area contributed by atoms with Crippen LogP contribution in [0.15, 0.2) is 30.5 Å². The smallest absolute Gasteiger partial charge is 0.416 e. The van der Waals surface area contributed by atoms with Gasteiger partial charge in [0.25, 0.3) is 5.91 Å². The van der Waals surface area contributed by atoms with Gasteiger partial charge in [-0.3, -0.25) is 4.79 Å². The summed E-state index contributed by atoms with van der Waals surface area (Å²) in [6.45, 7) is 6.45. The van der Waals surface area contributed by atoms with Crippen LogP contribution in [-0.2, 0) is 11.6 Å². The summed E-state index contributed by atoms with van der Waals surface area (Å²) in [5.74, 6) is 0.0686. The Balaban J connectivity index is 1.79. The van der Waals surface area contributed by atoms with E-state index in [1.807, 2.05) is 20.8 Å². The summed E-state index contributed by atoms with van der Waals surface area (Å²) in [7, 11) is 0. The van der Waals surface area contributed by atoms with E-state index in [4.69, 9.17) is 4.74 Å². The summed E-state index contributed by atoms with van der Waals surface area (Å²) in [6.07, 6.45) is -2.83. The van der Waals surface area contributed by atoms with Gasteiger partial charge in [0.1, 0.15) is 17.2 Å². The van der Waals surface area contributed by atoms with Gasteiger partial charge >= 0.3 is 6.18 Å². The molecule has 0 aliphatic heterocycles. The van der Waals surface area contributed by atoms with E-state index in [0.29, 0.717) is 10.6 Å². The number of benzene rings is 1. The van der Waals surface area contributed by atoms with E-state index in [0.717, 1.165) is 17.1 Å². The fraction of sp³-hybridized carbons (Fsp3) is 0.412. The van der Waals surface area contributed by atoms with Crippen molar-refractivity contribution >= 4 is 17.2 Å². The molecule has 25 heavy (non-hydrogen) atoms. The van der Waals surface area contributed by atoms with Crippen LogP contribution in [0.25, 0.3) is 0 Å². The Bertz CT molecular complexity index is 719. The van der Waals surface area contributed by atoms with Crippen molar-refractivity contribution in [3.05, 3.63) is 45.9 Å². The molecule has 8 heteroatoms. The van der Waals surface area contributed by atoms with Gasteiger partial charge < -0.3 is 10.1 Å². The highest BCUT2D eigenvalue weighted by molar-refractivity contribution is 7.13. The standard InChI is InChI=1S/C17H19F3N2O2S/c1-16(2,3)15-22-10-13(25-15)14(23)21-8-9-24-12-6-4-11(5-7-12)17(18,19)20/h4-7,10H,8-9H2,1-3H3,(H,21,23). The number of thiazole rings is 1. The minimum atomic E-state index is -4.37. The number of halogens is 3. The number of amides is 1. The molecular weight excluding hydrogens is 353 g/mol. The zero-order valence-electron chi connectivity index (χ0n) is 14.1. The van der Waals surface area contributed by atoms with Gasteiger partial charge in [0.2, 0.25) is 0 Å². The molecule has 0 saturated heterocycles. The van der Waals surface area contributed by atoms with Crippen molar-refractivity contribution < 1.29 is 22.7 Å². The molecular formula is C17H19F3N2O2S. The number of nitrogens with one attached hydrogen (secondary N) is 1. The second kappa shape index (κ2) is 7.43. The predicted octanol–water partition coefficient (Wildman–Crippen LogP) is 4.27. The number of aromatic nitrogens is 1. The van der Waals surface area contributed by atoms with E-state index in [2.05, 4.69) is 10.3 Å². The first-order chi connectivity index (χ1) is 11.6. The molecule has 0 saturated carbocycles. The Labute approximate surface area is 148 Å². The molecule has 1 aromatic heterocycles. The Kier molecular flexibility index (Phi) is 5.72. The number of hydrogen-bond acceptors (Lipinski definition) is 4.